The van der Waals surface area contributed by atoms with E-state index >= 15 is 0 Å². The standard InChI is InChI=1S/C9H10ClNOS/c1-6-5-13-8(7(6)10)9(12)11-3-2-4-11/h5H,2-4H2,1H3. The number of nitrogens with zero attached hydrogens (tertiary/aromatic N) is 1. The summed E-state index contributed by atoms with van der Waals surface area (Å²) in [5.41, 5.74) is 0.996. The maximum atomic E-state index is 11.7. The van der Waals surface area contributed by atoms with Crippen LogP contribution < -0.4 is 0 Å². The van der Waals surface area contributed by atoms with Crippen molar-refractivity contribution in [1.29, 1.82) is 0 Å². The first kappa shape index (κ1) is 9.03. The zero-order chi connectivity index (χ0) is 9.42. The number of halogens is 1. The number of amides is 1. The summed E-state index contributed by atoms with van der Waals surface area (Å²) in [6.07, 6.45) is 1.12. The second kappa shape index (κ2) is 3.31. The fraction of sp³-hybridized carbons (Fsp3) is 0.444. The molecule has 70 valence electrons. The smallest absolute Gasteiger partial charge is 0.265 e. The summed E-state index contributed by atoms with van der Waals surface area (Å²) in [5.74, 6) is 0.0920. The molecule has 4 heteroatoms. The lowest BCUT2D eigenvalue weighted by molar-refractivity contribution is 0.0657. The first-order valence-electron chi connectivity index (χ1n) is 4.23. The van der Waals surface area contributed by atoms with E-state index in [0.29, 0.717) is 9.90 Å². The lowest BCUT2D eigenvalue weighted by Gasteiger charge is -2.30. The van der Waals surface area contributed by atoms with Crippen LogP contribution in [0.15, 0.2) is 5.38 Å². The van der Waals surface area contributed by atoms with Gasteiger partial charge in [-0.2, -0.15) is 0 Å². The van der Waals surface area contributed by atoms with Crippen molar-refractivity contribution in [1.82, 2.24) is 4.90 Å². The number of carbonyl (C=O) groups is 1. The first-order valence-corrected chi connectivity index (χ1v) is 5.49. The van der Waals surface area contributed by atoms with Crippen molar-refractivity contribution >= 4 is 28.8 Å². The van der Waals surface area contributed by atoms with E-state index in [0.717, 1.165) is 25.1 Å². The number of hydrogen-bond acceptors (Lipinski definition) is 2. The van der Waals surface area contributed by atoms with Crippen molar-refractivity contribution in [2.75, 3.05) is 13.1 Å². The van der Waals surface area contributed by atoms with Crippen LogP contribution in [-0.2, 0) is 0 Å². The van der Waals surface area contributed by atoms with E-state index in [9.17, 15) is 4.79 Å². The maximum absolute atomic E-state index is 11.7. The topological polar surface area (TPSA) is 20.3 Å². The highest BCUT2D eigenvalue weighted by Crippen LogP contribution is 2.29. The van der Waals surface area contributed by atoms with Gasteiger partial charge < -0.3 is 4.90 Å². The summed E-state index contributed by atoms with van der Waals surface area (Å²) >= 11 is 7.43. The summed E-state index contributed by atoms with van der Waals surface area (Å²) in [4.78, 5) is 14.2. The third-order valence-corrected chi connectivity index (χ3v) is 3.92. The minimum absolute atomic E-state index is 0.0920. The molecule has 1 aromatic rings. The van der Waals surface area contributed by atoms with E-state index in [2.05, 4.69) is 0 Å². The lowest BCUT2D eigenvalue weighted by Crippen LogP contribution is -2.41. The van der Waals surface area contributed by atoms with E-state index in [1.807, 2.05) is 17.2 Å². The van der Waals surface area contributed by atoms with Gasteiger partial charge in [-0.05, 0) is 24.3 Å². The van der Waals surface area contributed by atoms with E-state index in [-0.39, 0.29) is 5.91 Å². The molecule has 13 heavy (non-hydrogen) atoms. The molecule has 0 aliphatic carbocycles. The van der Waals surface area contributed by atoms with E-state index in [4.69, 9.17) is 11.6 Å². The fourth-order valence-corrected chi connectivity index (χ4v) is 2.48. The van der Waals surface area contributed by atoms with E-state index < -0.39 is 0 Å². The van der Waals surface area contributed by atoms with Crippen molar-refractivity contribution in [3.63, 3.8) is 0 Å². The highest BCUT2D eigenvalue weighted by molar-refractivity contribution is 7.13. The van der Waals surface area contributed by atoms with Crippen LogP contribution in [0.4, 0.5) is 0 Å². The van der Waals surface area contributed by atoms with Crippen LogP contribution in [0.5, 0.6) is 0 Å². The molecule has 1 fully saturated rings. The summed E-state index contributed by atoms with van der Waals surface area (Å²) in [6.45, 7) is 3.68. The van der Waals surface area contributed by atoms with Crippen LogP contribution in [0.3, 0.4) is 0 Å². The summed E-state index contributed by atoms with van der Waals surface area (Å²) in [6, 6.07) is 0. The van der Waals surface area contributed by atoms with Crippen molar-refractivity contribution in [2.45, 2.75) is 13.3 Å². The Bertz CT molecular complexity index is 343. The predicted molar refractivity (Wildman–Crippen MR) is 54.6 cm³/mol. The average Bonchev–Trinajstić information content (AvgIpc) is 2.29. The van der Waals surface area contributed by atoms with Gasteiger partial charge in [0.2, 0.25) is 0 Å². The Morgan fingerprint density at radius 3 is 2.69 bits per heavy atom. The Morgan fingerprint density at radius 2 is 2.31 bits per heavy atom. The van der Waals surface area contributed by atoms with Crippen LogP contribution in [0, 0.1) is 6.92 Å². The number of thiophene rings is 1. The number of aryl methyl sites for hydroxylation is 1. The number of carbonyl (C=O) groups excluding carboxylic acids is 1. The molecule has 2 heterocycles. The van der Waals surface area contributed by atoms with Crippen molar-refractivity contribution in [3.8, 4) is 0 Å². The highest BCUT2D eigenvalue weighted by atomic mass is 35.5. The molecule has 0 unspecified atom stereocenters. The second-order valence-corrected chi connectivity index (χ2v) is 4.47. The van der Waals surface area contributed by atoms with Gasteiger partial charge in [0.15, 0.2) is 0 Å². The molecule has 0 bridgehead atoms. The minimum atomic E-state index is 0.0920. The third-order valence-electron chi connectivity index (χ3n) is 2.24. The second-order valence-electron chi connectivity index (χ2n) is 3.21. The van der Waals surface area contributed by atoms with Crippen LogP contribution in [0.1, 0.15) is 21.7 Å². The summed E-state index contributed by atoms with van der Waals surface area (Å²) < 4.78 is 0. The summed E-state index contributed by atoms with van der Waals surface area (Å²) in [7, 11) is 0. The molecule has 0 N–H and O–H groups in total. The van der Waals surface area contributed by atoms with Gasteiger partial charge in [-0.3, -0.25) is 4.79 Å². The van der Waals surface area contributed by atoms with Crippen LogP contribution in [0.2, 0.25) is 5.02 Å². The molecule has 2 nitrogen and oxygen atoms in total. The van der Waals surface area contributed by atoms with Crippen molar-refractivity contribution < 1.29 is 4.79 Å². The minimum Gasteiger partial charge on any atom is -0.338 e. The fourth-order valence-electron chi connectivity index (χ4n) is 1.24. The van der Waals surface area contributed by atoms with Gasteiger partial charge >= 0.3 is 0 Å². The third kappa shape index (κ3) is 1.46. The Morgan fingerprint density at radius 1 is 1.62 bits per heavy atom. The SMILES string of the molecule is Cc1csc(C(=O)N2CCC2)c1Cl. The van der Waals surface area contributed by atoms with Crippen LogP contribution in [0.25, 0.3) is 0 Å². The molecule has 0 aromatic carbocycles. The number of hydrogen-bond donors (Lipinski definition) is 0. The van der Waals surface area contributed by atoms with Gasteiger partial charge in [0.25, 0.3) is 5.91 Å². The van der Waals surface area contributed by atoms with Gasteiger partial charge in [0.05, 0.1) is 5.02 Å². The molecule has 1 amide bonds. The quantitative estimate of drug-likeness (QED) is 0.705. The summed E-state index contributed by atoms with van der Waals surface area (Å²) in [5, 5.41) is 2.55. The molecule has 0 spiro atoms. The molecule has 0 radical (unpaired) electrons. The Kier molecular flexibility index (Phi) is 2.30. The molecular formula is C9H10ClNOS. The monoisotopic (exact) mass is 215 g/mol. The predicted octanol–water partition coefficient (Wildman–Crippen LogP) is 2.56. The highest BCUT2D eigenvalue weighted by Gasteiger charge is 2.24. The van der Waals surface area contributed by atoms with Gasteiger partial charge in [0, 0.05) is 13.1 Å². The Labute approximate surface area is 86.1 Å². The molecule has 1 aromatic heterocycles. The average molecular weight is 216 g/mol. The van der Waals surface area contributed by atoms with Crippen molar-refractivity contribution in [3.05, 3.63) is 20.8 Å². The van der Waals surface area contributed by atoms with Gasteiger partial charge in [-0.15, -0.1) is 11.3 Å². The molecule has 0 atom stereocenters. The van der Waals surface area contributed by atoms with Crippen molar-refractivity contribution in [2.24, 2.45) is 0 Å². The molecule has 1 aliphatic rings. The molecule has 1 saturated heterocycles. The van der Waals surface area contributed by atoms with Crippen LogP contribution >= 0.6 is 22.9 Å². The molecular weight excluding hydrogens is 206 g/mol. The zero-order valence-electron chi connectivity index (χ0n) is 7.34. The largest absolute Gasteiger partial charge is 0.338 e. The van der Waals surface area contributed by atoms with Crippen LogP contribution in [-0.4, -0.2) is 23.9 Å². The normalized spacial score (nSPS) is 15.7. The van der Waals surface area contributed by atoms with Gasteiger partial charge in [-0.25, -0.2) is 0 Å². The number of rotatable bonds is 1. The molecule has 0 saturated carbocycles. The van der Waals surface area contributed by atoms with E-state index in [1.165, 1.54) is 11.3 Å². The van der Waals surface area contributed by atoms with Gasteiger partial charge in [-0.1, -0.05) is 11.6 Å². The zero-order valence-corrected chi connectivity index (χ0v) is 8.91. The molecule has 2 rings (SSSR count). The number of likely N-dealkylation sites (tertiary alicyclic amines) is 1. The molecule has 1 aliphatic heterocycles. The van der Waals surface area contributed by atoms with Gasteiger partial charge in [0.1, 0.15) is 4.88 Å². The first-order chi connectivity index (χ1) is 6.20. The Hall–Kier alpha value is -0.540. The lowest BCUT2D eigenvalue weighted by atomic mass is 10.2. The van der Waals surface area contributed by atoms with E-state index in [1.54, 1.807) is 0 Å². The maximum Gasteiger partial charge on any atom is 0.265 e. The Balaban J connectivity index is 2.24.